The second-order valence-corrected chi connectivity index (χ2v) is 9.96. The summed E-state index contributed by atoms with van der Waals surface area (Å²) in [6.45, 7) is 1.29. The second kappa shape index (κ2) is 6.54. The number of hydrogen-bond donors (Lipinski definition) is 1. The highest BCUT2D eigenvalue weighted by atomic mass is 16.5. The predicted molar refractivity (Wildman–Crippen MR) is 113 cm³/mol. The third-order valence-corrected chi connectivity index (χ3v) is 8.38. The topological polar surface area (TPSA) is 77.2 Å². The van der Waals surface area contributed by atoms with Gasteiger partial charge in [-0.2, -0.15) is 0 Å². The Morgan fingerprint density at radius 3 is 2.63 bits per heavy atom. The molecule has 6 heteroatoms. The lowest BCUT2D eigenvalue weighted by atomic mass is 9.61. The Bertz CT molecular complexity index is 912. The molecule has 1 aromatic carbocycles. The summed E-state index contributed by atoms with van der Waals surface area (Å²) in [5.74, 6) is 1.08. The Balaban J connectivity index is 1.45. The van der Waals surface area contributed by atoms with Gasteiger partial charge >= 0.3 is 0 Å². The molecule has 0 aromatic heterocycles. The molecule has 1 amide bonds. The molecule has 6 rings (SSSR count). The molecule has 2 heterocycles. The number of amides is 1. The summed E-state index contributed by atoms with van der Waals surface area (Å²) in [5.41, 5.74) is 9.11. The van der Waals surface area contributed by atoms with Gasteiger partial charge in [-0.05, 0) is 74.0 Å². The standard InChI is InChI=1S/C24H31N3O3/c1-29-18-6-9-23(10-7-18)13-17-5-4-16(15-2-3-15)12-20(17)24(23)21(28)27(22(25)26-24)14-19-8-11-30-19/h4-5,12,15,18-19H,2-3,6-11,13-14H2,1H3,(H2,25,26)/t18?,19?,23?,24-/m1/s1. The van der Waals surface area contributed by atoms with Crippen LogP contribution in [0.25, 0.3) is 0 Å². The number of nitrogens with zero attached hydrogens (tertiary/aromatic N) is 2. The molecule has 5 aliphatic rings. The maximum atomic E-state index is 14.1. The van der Waals surface area contributed by atoms with Crippen LogP contribution in [-0.4, -0.2) is 49.2 Å². The van der Waals surface area contributed by atoms with E-state index in [1.807, 2.05) is 0 Å². The third kappa shape index (κ3) is 2.50. The molecule has 160 valence electrons. The maximum absolute atomic E-state index is 14.1. The van der Waals surface area contributed by atoms with Gasteiger partial charge in [0.25, 0.3) is 5.91 Å². The Morgan fingerprint density at radius 1 is 1.23 bits per heavy atom. The van der Waals surface area contributed by atoms with Crippen molar-refractivity contribution in [2.24, 2.45) is 16.1 Å². The van der Waals surface area contributed by atoms with Crippen molar-refractivity contribution in [3.05, 3.63) is 34.9 Å². The van der Waals surface area contributed by atoms with E-state index < -0.39 is 5.54 Å². The number of hydrogen-bond acceptors (Lipinski definition) is 5. The highest BCUT2D eigenvalue weighted by molar-refractivity contribution is 6.08. The minimum atomic E-state index is -0.875. The molecule has 0 radical (unpaired) electrons. The summed E-state index contributed by atoms with van der Waals surface area (Å²) in [4.78, 5) is 20.9. The summed E-state index contributed by atoms with van der Waals surface area (Å²) in [7, 11) is 1.79. The summed E-state index contributed by atoms with van der Waals surface area (Å²) in [6, 6.07) is 6.83. The van der Waals surface area contributed by atoms with Crippen molar-refractivity contribution in [2.45, 2.75) is 75.0 Å². The third-order valence-electron chi connectivity index (χ3n) is 8.38. The molecular weight excluding hydrogens is 378 g/mol. The van der Waals surface area contributed by atoms with E-state index in [9.17, 15) is 4.79 Å². The SMILES string of the molecule is COC1CCC2(CC1)Cc1ccc(C3CC3)cc1[C@]21N=C(N)N(CC2CCO2)C1=O. The smallest absolute Gasteiger partial charge is 0.262 e. The molecule has 1 aromatic rings. The average Bonchev–Trinajstić information content (AvgIpc) is 3.49. The van der Waals surface area contributed by atoms with E-state index in [-0.39, 0.29) is 23.5 Å². The fourth-order valence-electron chi connectivity index (χ4n) is 6.36. The van der Waals surface area contributed by atoms with Crippen LogP contribution in [0.2, 0.25) is 0 Å². The van der Waals surface area contributed by atoms with Gasteiger partial charge < -0.3 is 15.2 Å². The zero-order valence-electron chi connectivity index (χ0n) is 17.7. The predicted octanol–water partition coefficient (Wildman–Crippen LogP) is 2.84. The first kappa shape index (κ1) is 18.8. The lowest BCUT2D eigenvalue weighted by molar-refractivity contribution is -0.141. The summed E-state index contributed by atoms with van der Waals surface area (Å²) in [5, 5.41) is 0. The number of carbonyl (C=O) groups excluding carboxylic acids is 1. The zero-order chi connectivity index (χ0) is 20.5. The Morgan fingerprint density at radius 2 is 2.00 bits per heavy atom. The van der Waals surface area contributed by atoms with Crippen LogP contribution in [0.3, 0.4) is 0 Å². The van der Waals surface area contributed by atoms with Gasteiger partial charge in [0.05, 0.1) is 18.8 Å². The van der Waals surface area contributed by atoms with Crippen molar-refractivity contribution >= 4 is 11.9 Å². The van der Waals surface area contributed by atoms with Crippen molar-refractivity contribution in [3.63, 3.8) is 0 Å². The first-order valence-corrected chi connectivity index (χ1v) is 11.5. The summed E-state index contributed by atoms with van der Waals surface area (Å²) >= 11 is 0. The number of nitrogens with two attached hydrogens (primary N) is 1. The highest BCUT2D eigenvalue weighted by Gasteiger charge is 2.66. The number of methoxy groups -OCH3 is 1. The number of benzene rings is 1. The number of guanidine groups is 1. The van der Waals surface area contributed by atoms with Gasteiger partial charge in [0, 0.05) is 19.1 Å². The van der Waals surface area contributed by atoms with Gasteiger partial charge in [-0.25, -0.2) is 4.99 Å². The molecule has 2 aliphatic heterocycles. The molecule has 2 saturated carbocycles. The van der Waals surface area contributed by atoms with Crippen LogP contribution in [0.15, 0.2) is 23.2 Å². The van der Waals surface area contributed by atoms with E-state index in [4.69, 9.17) is 20.2 Å². The molecule has 1 saturated heterocycles. The van der Waals surface area contributed by atoms with Gasteiger partial charge in [-0.1, -0.05) is 18.2 Å². The van der Waals surface area contributed by atoms with E-state index in [0.717, 1.165) is 50.7 Å². The van der Waals surface area contributed by atoms with Crippen LogP contribution in [0.1, 0.15) is 67.6 Å². The molecule has 2 atom stereocenters. The second-order valence-electron chi connectivity index (χ2n) is 9.96. The molecule has 3 fully saturated rings. The van der Waals surface area contributed by atoms with E-state index in [2.05, 4.69) is 18.2 Å². The van der Waals surface area contributed by atoms with Gasteiger partial charge in [0.2, 0.25) is 0 Å². The van der Waals surface area contributed by atoms with Gasteiger partial charge in [-0.15, -0.1) is 0 Å². The Kier molecular flexibility index (Phi) is 4.10. The average molecular weight is 410 g/mol. The van der Waals surface area contributed by atoms with Crippen molar-refractivity contribution in [1.29, 1.82) is 0 Å². The minimum Gasteiger partial charge on any atom is -0.381 e. The number of rotatable bonds is 4. The van der Waals surface area contributed by atoms with Gasteiger partial charge in [0.15, 0.2) is 11.5 Å². The normalized spacial score (nSPS) is 37.6. The molecule has 1 unspecified atom stereocenters. The van der Waals surface area contributed by atoms with Crippen LogP contribution in [0, 0.1) is 5.41 Å². The quantitative estimate of drug-likeness (QED) is 0.830. The van der Waals surface area contributed by atoms with Crippen molar-refractivity contribution in [2.75, 3.05) is 20.3 Å². The van der Waals surface area contributed by atoms with Crippen LogP contribution in [0.5, 0.6) is 0 Å². The largest absolute Gasteiger partial charge is 0.381 e. The molecule has 0 bridgehead atoms. The lowest BCUT2D eigenvalue weighted by Crippen LogP contribution is -2.54. The molecule has 2 N–H and O–H groups in total. The molecular formula is C24H31N3O3. The lowest BCUT2D eigenvalue weighted by Gasteiger charge is -2.45. The number of fused-ring (bicyclic) bond motifs is 3. The van der Waals surface area contributed by atoms with Crippen molar-refractivity contribution < 1.29 is 14.3 Å². The Labute approximate surface area is 177 Å². The van der Waals surface area contributed by atoms with Crippen LogP contribution in [0.4, 0.5) is 0 Å². The monoisotopic (exact) mass is 409 g/mol. The van der Waals surface area contributed by atoms with E-state index in [0.29, 0.717) is 18.4 Å². The van der Waals surface area contributed by atoms with Crippen LogP contribution < -0.4 is 5.73 Å². The highest BCUT2D eigenvalue weighted by Crippen LogP contribution is 2.62. The number of ether oxygens (including phenoxy) is 2. The zero-order valence-corrected chi connectivity index (χ0v) is 17.7. The van der Waals surface area contributed by atoms with Crippen molar-refractivity contribution in [3.8, 4) is 0 Å². The maximum Gasteiger partial charge on any atom is 0.262 e. The van der Waals surface area contributed by atoms with Crippen LogP contribution in [-0.2, 0) is 26.2 Å². The first-order chi connectivity index (χ1) is 14.6. The summed E-state index contributed by atoms with van der Waals surface area (Å²) < 4.78 is 11.3. The molecule has 2 spiro atoms. The van der Waals surface area contributed by atoms with Gasteiger partial charge in [0.1, 0.15) is 0 Å². The fraction of sp³-hybridized carbons (Fsp3) is 0.667. The van der Waals surface area contributed by atoms with Crippen LogP contribution >= 0.6 is 0 Å². The Hall–Kier alpha value is -1.92. The molecule has 30 heavy (non-hydrogen) atoms. The molecule has 6 nitrogen and oxygen atoms in total. The van der Waals surface area contributed by atoms with E-state index in [1.54, 1.807) is 12.0 Å². The summed E-state index contributed by atoms with van der Waals surface area (Å²) in [6.07, 6.45) is 8.55. The first-order valence-electron chi connectivity index (χ1n) is 11.5. The van der Waals surface area contributed by atoms with Crippen molar-refractivity contribution in [1.82, 2.24) is 4.90 Å². The van der Waals surface area contributed by atoms with E-state index in [1.165, 1.54) is 24.0 Å². The number of carbonyl (C=O) groups is 1. The molecule has 3 aliphatic carbocycles. The minimum absolute atomic E-state index is 0.0677. The fourth-order valence-corrected chi connectivity index (χ4v) is 6.36. The number of aliphatic imine (C=N–C) groups is 1. The van der Waals surface area contributed by atoms with E-state index >= 15 is 0 Å². The van der Waals surface area contributed by atoms with Gasteiger partial charge in [-0.3, -0.25) is 9.69 Å².